The van der Waals surface area contributed by atoms with Crippen LogP contribution in [0.5, 0.6) is 0 Å². The number of hydrogen-bond acceptors (Lipinski definition) is 7. The Morgan fingerprint density at radius 3 is 2.40 bits per heavy atom. The molecule has 10 heteroatoms. The highest BCUT2D eigenvalue weighted by Crippen LogP contribution is 2.22. The summed E-state index contributed by atoms with van der Waals surface area (Å²) in [6.07, 6.45) is 0.991. The van der Waals surface area contributed by atoms with Gasteiger partial charge in [-0.1, -0.05) is 43.3 Å². The lowest BCUT2D eigenvalue weighted by molar-refractivity contribution is -0.138. The zero-order chi connectivity index (χ0) is 25.2. The molecule has 1 aliphatic rings. The van der Waals surface area contributed by atoms with Crippen LogP contribution in [0.2, 0.25) is 0 Å². The van der Waals surface area contributed by atoms with Gasteiger partial charge in [0.05, 0.1) is 22.6 Å². The van der Waals surface area contributed by atoms with E-state index in [-0.39, 0.29) is 28.8 Å². The van der Waals surface area contributed by atoms with Gasteiger partial charge in [-0.05, 0) is 38.0 Å². The first kappa shape index (κ1) is 24.6. The molecule has 0 bridgehead atoms. The minimum absolute atomic E-state index is 0.0363. The van der Waals surface area contributed by atoms with Crippen LogP contribution in [0.4, 0.5) is 0 Å². The Kier molecular flexibility index (Phi) is 7.02. The third-order valence-corrected chi connectivity index (χ3v) is 8.03. The first-order valence-electron chi connectivity index (χ1n) is 11.5. The maximum Gasteiger partial charge on any atom is 0.359 e. The van der Waals surface area contributed by atoms with Crippen molar-refractivity contribution in [2.75, 3.05) is 18.1 Å². The SMILES string of the molecule is CC[C@@H](C)N(C(=O)COC(=O)c1nn(-c2ccccc2)c(=O)c2ccccc12)[C@@H]1CCS(=O)(=O)C1. The van der Waals surface area contributed by atoms with Crippen molar-refractivity contribution in [1.82, 2.24) is 14.7 Å². The average Bonchev–Trinajstić information content (AvgIpc) is 3.22. The molecule has 1 aliphatic heterocycles. The molecule has 4 rings (SSSR count). The number of esters is 1. The summed E-state index contributed by atoms with van der Waals surface area (Å²) in [5.41, 5.74) is 0.0129. The second-order valence-corrected chi connectivity index (χ2v) is 10.9. The van der Waals surface area contributed by atoms with Crippen LogP contribution >= 0.6 is 0 Å². The summed E-state index contributed by atoms with van der Waals surface area (Å²) in [6.45, 7) is 3.19. The monoisotopic (exact) mass is 497 g/mol. The largest absolute Gasteiger partial charge is 0.451 e. The summed E-state index contributed by atoms with van der Waals surface area (Å²) in [7, 11) is -3.19. The van der Waals surface area contributed by atoms with E-state index < -0.39 is 34.4 Å². The quantitative estimate of drug-likeness (QED) is 0.460. The second kappa shape index (κ2) is 9.99. The molecule has 2 atom stereocenters. The lowest BCUT2D eigenvalue weighted by Gasteiger charge is -2.33. The van der Waals surface area contributed by atoms with Crippen LogP contribution in [0.3, 0.4) is 0 Å². The van der Waals surface area contributed by atoms with Crippen molar-refractivity contribution in [2.45, 2.75) is 38.8 Å². The predicted molar refractivity (Wildman–Crippen MR) is 131 cm³/mol. The number of aromatic nitrogens is 2. The highest BCUT2D eigenvalue weighted by Gasteiger charge is 2.37. The maximum absolute atomic E-state index is 13.1. The molecule has 2 heterocycles. The van der Waals surface area contributed by atoms with E-state index in [1.807, 2.05) is 13.8 Å². The van der Waals surface area contributed by atoms with Crippen molar-refractivity contribution in [3.05, 3.63) is 70.6 Å². The molecule has 0 saturated carbocycles. The normalized spacial score (nSPS) is 17.7. The molecule has 0 N–H and O–H groups in total. The third kappa shape index (κ3) is 5.12. The van der Waals surface area contributed by atoms with Gasteiger partial charge in [-0.3, -0.25) is 9.59 Å². The zero-order valence-corrected chi connectivity index (χ0v) is 20.4. The van der Waals surface area contributed by atoms with E-state index in [0.29, 0.717) is 29.3 Å². The third-order valence-electron chi connectivity index (χ3n) is 6.28. The molecule has 1 aromatic heterocycles. The number of ether oxygens (including phenoxy) is 1. The fourth-order valence-electron chi connectivity index (χ4n) is 4.36. The molecular formula is C25H27N3O6S. The summed E-state index contributed by atoms with van der Waals surface area (Å²) in [5, 5.41) is 4.88. The molecule has 3 aromatic rings. The van der Waals surface area contributed by atoms with E-state index in [1.165, 1.54) is 4.90 Å². The molecule has 9 nitrogen and oxygen atoms in total. The molecular weight excluding hydrogens is 470 g/mol. The van der Waals surface area contributed by atoms with Crippen LogP contribution in [0.15, 0.2) is 59.4 Å². The Labute approximate surface area is 203 Å². The number of sulfone groups is 1. The van der Waals surface area contributed by atoms with Gasteiger partial charge in [0.15, 0.2) is 22.1 Å². The number of benzene rings is 2. The molecule has 1 amide bonds. The van der Waals surface area contributed by atoms with Crippen LogP contribution in [-0.4, -0.2) is 65.2 Å². The Hall–Kier alpha value is -3.53. The van der Waals surface area contributed by atoms with Crippen LogP contribution in [0.1, 0.15) is 37.2 Å². The zero-order valence-electron chi connectivity index (χ0n) is 19.6. The molecule has 0 spiro atoms. The van der Waals surface area contributed by atoms with Gasteiger partial charge in [0.1, 0.15) is 0 Å². The number of carbonyl (C=O) groups is 2. The maximum atomic E-state index is 13.1. The van der Waals surface area contributed by atoms with E-state index >= 15 is 0 Å². The van der Waals surface area contributed by atoms with E-state index in [2.05, 4.69) is 5.10 Å². The highest BCUT2D eigenvalue weighted by molar-refractivity contribution is 7.91. The molecule has 1 saturated heterocycles. The van der Waals surface area contributed by atoms with E-state index in [9.17, 15) is 22.8 Å². The Morgan fingerprint density at radius 2 is 1.77 bits per heavy atom. The first-order chi connectivity index (χ1) is 16.7. The number of hydrogen-bond donors (Lipinski definition) is 0. The number of fused-ring (bicyclic) bond motifs is 1. The standard InChI is InChI=1S/C25H27N3O6S/c1-3-17(2)27(19-13-14-35(32,33)16-19)22(29)15-34-25(31)23-20-11-7-8-12-21(20)24(30)28(26-23)18-9-5-4-6-10-18/h4-12,17,19H,3,13-16H2,1-2H3/t17-,19-/m1/s1. The summed E-state index contributed by atoms with van der Waals surface area (Å²) < 4.78 is 30.4. The van der Waals surface area contributed by atoms with Crippen molar-refractivity contribution < 1.29 is 22.7 Å². The summed E-state index contributed by atoms with van der Waals surface area (Å²) in [6, 6.07) is 14.6. The summed E-state index contributed by atoms with van der Waals surface area (Å²) >= 11 is 0. The molecule has 0 radical (unpaired) electrons. The number of nitrogens with zero attached hydrogens (tertiary/aromatic N) is 3. The first-order valence-corrected chi connectivity index (χ1v) is 13.3. The van der Waals surface area contributed by atoms with E-state index in [0.717, 1.165) is 4.68 Å². The molecule has 2 aromatic carbocycles. The van der Waals surface area contributed by atoms with Gasteiger partial charge < -0.3 is 9.64 Å². The lowest BCUT2D eigenvalue weighted by Crippen LogP contribution is -2.48. The summed E-state index contributed by atoms with van der Waals surface area (Å²) in [4.78, 5) is 40.7. The lowest BCUT2D eigenvalue weighted by atomic mass is 10.1. The number of para-hydroxylation sites is 1. The average molecular weight is 498 g/mol. The van der Waals surface area contributed by atoms with Gasteiger partial charge >= 0.3 is 5.97 Å². The number of amides is 1. The van der Waals surface area contributed by atoms with Crippen LogP contribution in [0, 0.1) is 0 Å². The molecule has 184 valence electrons. The van der Waals surface area contributed by atoms with Crippen molar-refractivity contribution in [3.63, 3.8) is 0 Å². The predicted octanol–water partition coefficient (Wildman–Crippen LogP) is 2.36. The Bertz CT molecular complexity index is 1420. The van der Waals surface area contributed by atoms with Crippen molar-refractivity contribution in [1.29, 1.82) is 0 Å². The van der Waals surface area contributed by atoms with Gasteiger partial charge in [0.25, 0.3) is 11.5 Å². The minimum Gasteiger partial charge on any atom is -0.451 e. The topological polar surface area (TPSA) is 116 Å². The highest BCUT2D eigenvalue weighted by atomic mass is 32.2. The molecule has 35 heavy (non-hydrogen) atoms. The van der Waals surface area contributed by atoms with Crippen LogP contribution in [-0.2, 0) is 19.4 Å². The van der Waals surface area contributed by atoms with Gasteiger partial charge in [-0.2, -0.15) is 9.78 Å². The van der Waals surface area contributed by atoms with Gasteiger partial charge in [-0.15, -0.1) is 0 Å². The van der Waals surface area contributed by atoms with E-state index in [1.54, 1.807) is 54.6 Å². The summed E-state index contributed by atoms with van der Waals surface area (Å²) in [5.74, 6) is -1.36. The van der Waals surface area contributed by atoms with Crippen molar-refractivity contribution in [2.24, 2.45) is 0 Å². The molecule has 0 aliphatic carbocycles. The minimum atomic E-state index is -3.19. The van der Waals surface area contributed by atoms with E-state index in [4.69, 9.17) is 4.74 Å². The Morgan fingerprint density at radius 1 is 1.11 bits per heavy atom. The van der Waals surface area contributed by atoms with Crippen molar-refractivity contribution >= 4 is 32.5 Å². The number of rotatable bonds is 7. The molecule has 0 unspecified atom stereocenters. The fraction of sp³-hybridized carbons (Fsp3) is 0.360. The van der Waals surface area contributed by atoms with Crippen LogP contribution < -0.4 is 5.56 Å². The smallest absolute Gasteiger partial charge is 0.359 e. The second-order valence-electron chi connectivity index (χ2n) is 8.64. The van der Waals surface area contributed by atoms with Gasteiger partial charge in [-0.25, -0.2) is 13.2 Å². The van der Waals surface area contributed by atoms with Gasteiger partial charge in [0, 0.05) is 17.5 Å². The van der Waals surface area contributed by atoms with Crippen LogP contribution in [0.25, 0.3) is 16.5 Å². The Balaban J connectivity index is 1.62. The van der Waals surface area contributed by atoms with Crippen molar-refractivity contribution in [3.8, 4) is 5.69 Å². The number of carbonyl (C=O) groups excluding carboxylic acids is 2. The molecule has 1 fully saturated rings. The fourth-order valence-corrected chi connectivity index (χ4v) is 6.07. The van der Waals surface area contributed by atoms with Gasteiger partial charge in [0.2, 0.25) is 0 Å².